The third kappa shape index (κ3) is 3.39. The van der Waals surface area contributed by atoms with Crippen molar-refractivity contribution in [3.63, 3.8) is 0 Å². The molecular formula is C15H17NO4. The predicted octanol–water partition coefficient (Wildman–Crippen LogP) is 2.82. The second-order valence-corrected chi connectivity index (χ2v) is 4.25. The standard InChI is InChI=1S/C15H17NO4/c1-18-10-11-4-3-5-13(8-11)16-9-12-6-7-20-14(12)15(17)19-2/h3-8,16H,9-10H2,1-2H3. The lowest BCUT2D eigenvalue weighted by atomic mass is 10.2. The normalized spacial score (nSPS) is 10.3. The molecule has 0 spiro atoms. The summed E-state index contributed by atoms with van der Waals surface area (Å²) in [5.74, 6) is -0.243. The Morgan fingerprint density at radius 2 is 2.15 bits per heavy atom. The summed E-state index contributed by atoms with van der Waals surface area (Å²) in [6, 6.07) is 9.65. The molecule has 0 aliphatic carbocycles. The average Bonchev–Trinajstić information content (AvgIpc) is 2.93. The summed E-state index contributed by atoms with van der Waals surface area (Å²) >= 11 is 0. The Hall–Kier alpha value is -2.27. The first-order valence-corrected chi connectivity index (χ1v) is 6.21. The summed E-state index contributed by atoms with van der Waals surface area (Å²) in [5.41, 5.74) is 2.79. The van der Waals surface area contributed by atoms with Gasteiger partial charge in [0.1, 0.15) is 0 Å². The van der Waals surface area contributed by atoms with Gasteiger partial charge in [0.2, 0.25) is 5.76 Å². The van der Waals surface area contributed by atoms with Gasteiger partial charge in [0.05, 0.1) is 20.0 Å². The van der Waals surface area contributed by atoms with Crippen molar-refractivity contribution in [3.8, 4) is 0 Å². The molecule has 2 rings (SSSR count). The Kier molecular flexibility index (Phi) is 4.79. The number of benzene rings is 1. The first kappa shape index (κ1) is 14.1. The number of carbonyl (C=O) groups is 1. The van der Waals surface area contributed by atoms with Gasteiger partial charge in [-0.15, -0.1) is 0 Å². The molecule has 0 atom stereocenters. The van der Waals surface area contributed by atoms with Gasteiger partial charge in [-0.2, -0.15) is 0 Å². The number of esters is 1. The number of hydrogen-bond acceptors (Lipinski definition) is 5. The Morgan fingerprint density at radius 1 is 1.30 bits per heavy atom. The molecule has 0 unspecified atom stereocenters. The van der Waals surface area contributed by atoms with Crippen LogP contribution in [0.4, 0.5) is 5.69 Å². The Balaban J connectivity index is 2.03. The highest BCUT2D eigenvalue weighted by Crippen LogP contribution is 2.16. The monoisotopic (exact) mass is 275 g/mol. The lowest BCUT2D eigenvalue weighted by molar-refractivity contribution is 0.0563. The van der Waals surface area contributed by atoms with Crippen LogP contribution in [0.2, 0.25) is 0 Å². The van der Waals surface area contributed by atoms with E-state index in [1.807, 2.05) is 24.3 Å². The highest BCUT2D eigenvalue weighted by atomic mass is 16.5. The average molecular weight is 275 g/mol. The van der Waals surface area contributed by atoms with Gasteiger partial charge in [0.25, 0.3) is 0 Å². The molecule has 0 fully saturated rings. The van der Waals surface area contributed by atoms with E-state index in [0.29, 0.717) is 13.2 Å². The van der Waals surface area contributed by atoms with E-state index < -0.39 is 5.97 Å². The van der Waals surface area contributed by atoms with E-state index in [1.54, 1.807) is 13.2 Å². The molecule has 2 aromatic rings. The molecule has 106 valence electrons. The molecule has 0 aliphatic rings. The second kappa shape index (κ2) is 6.77. The highest BCUT2D eigenvalue weighted by molar-refractivity contribution is 5.87. The number of methoxy groups -OCH3 is 2. The van der Waals surface area contributed by atoms with Crippen molar-refractivity contribution < 1.29 is 18.7 Å². The van der Waals surface area contributed by atoms with Gasteiger partial charge in [-0.05, 0) is 23.8 Å². The van der Waals surface area contributed by atoms with Crippen molar-refractivity contribution in [2.24, 2.45) is 0 Å². The van der Waals surface area contributed by atoms with Crippen molar-refractivity contribution >= 4 is 11.7 Å². The fourth-order valence-corrected chi connectivity index (χ4v) is 1.88. The number of ether oxygens (including phenoxy) is 2. The second-order valence-electron chi connectivity index (χ2n) is 4.25. The van der Waals surface area contributed by atoms with Crippen LogP contribution >= 0.6 is 0 Å². The maximum atomic E-state index is 11.5. The Morgan fingerprint density at radius 3 is 2.90 bits per heavy atom. The maximum Gasteiger partial charge on any atom is 0.374 e. The van der Waals surface area contributed by atoms with E-state index >= 15 is 0 Å². The van der Waals surface area contributed by atoms with Crippen molar-refractivity contribution in [2.45, 2.75) is 13.2 Å². The third-order valence-electron chi connectivity index (χ3n) is 2.84. The van der Waals surface area contributed by atoms with Gasteiger partial charge in [0, 0.05) is 24.9 Å². The first-order valence-electron chi connectivity index (χ1n) is 6.21. The molecule has 1 N–H and O–H groups in total. The summed E-state index contributed by atoms with van der Waals surface area (Å²) in [6.07, 6.45) is 1.48. The van der Waals surface area contributed by atoms with Crippen LogP contribution in [0.15, 0.2) is 41.0 Å². The molecule has 20 heavy (non-hydrogen) atoms. The largest absolute Gasteiger partial charge is 0.463 e. The highest BCUT2D eigenvalue weighted by Gasteiger charge is 2.15. The van der Waals surface area contributed by atoms with Gasteiger partial charge >= 0.3 is 5.97 Å². The van der Waals surface area contributed by atoms with E-state index in [4.69, 9.17) is 9.15 Å². The molecule has 1 aromatic carbocycles. The summed E-state index contributed by atoms with van der Waals surface area (Å²) in [5, 5.41) is 3.24. The molecule has 0 saturated heterocycles. The van der Waals surface area contributed by atoms with Crippen molar-refractivity contribution in [1.29, 1.82) is 0 Å². The smallest absolute Gasteiger partial charge is 0.374 e. The SMILES string of the molecule is COCc1cccc(NCc2ccoc2C(=O)OC)c1. The number of carbonyl (C=O) groups excluding carboxylic acids is 1. The van der Waals surface area contributed by atoms with Gasteiger partial charge in [-0.1, -0.05) is 12.1 Å². The first-order chi connectivity index (χ1) is 9.74. The van der Waals surface area contributed by atoms with Gasteiger partial charge in [-0.3, -0.25) is 0 Å². The number of hydrogen-bond donors (Lipinski definition) is 1. The number of rotatable bonds is 6. The molecule has 0 aliphatic heterocycles. The quantitative estimate of drug-likeness (QED) is 0.821. The summed E-state index contributed by atoms with van der Waals surface area (Å²) in [4.78, 5) is 11.5. The zero-order valence-corrected chi connectivity index (χ0v) is 11.5. The molecule has 0 radical (unpaired) electrons. The van der Waals surface area contributed by atoms with Gasteiger partial charge in [0.15, 0.2) is 0 Å². The molecule has 0 saturated carbocycles. The third-order valence-corrected chi connectivity index (χ3v) is 2.84. The minimum Gasteiger partial charge on any atom is -0.463 e. The molecule has 0 amide bonds. The van der Waals surface area contributed by atoms with Crippen LogP contribution in [0, 0.1) is 0 Å². The molecule has 1 aromatic heterocycles. The fraction of sp³-hybridized carbons (Fsp3) is 0.267. The van der Waals surface area contributed by atoms with E-state index in [9.17, 15) is 4.79 Å². The van der Waals surface area contributed by atoms with Crippen LogP contribution in [-0.2, 0) is 22.6 Å². The lowest BCUT2D eigenvalue weighted by Gasteiger charge is -2.08. The molecular weight excluding hydrogens is 258 g/mol. The zero-order chi connectivity index (χ0) is 14.4. The fourth-order valence-electron chi connectivity index (χ4n) is 1.88. The van der Waals surface area contributed by atoms with Crippen molar-refractivity contribution in [3.05, 3.63) is 53.5 Å². The topological polar surface area (TPSA) is 60.7 Å². The van der Waals surface area contributed by atoms with Crippen LogP contribution in [-0.4, -0.2) is 20.2 Å². The maximum absolute atomic E-state index is 11.5. The predicted molar refractivity (Wildman–Crippen MR) is 74.5 cm³/mol. The minimum atomic E-state index is -0.472. The van der Waals surface area contributed by atoms with Crippen LogP contribution in [0.3, 0.4) is 0 Å². The number of nitrogens with one attached hydrogen (secondary N) is 1. The van der Waals surface area contributed by atoms with Crippen molar-refractivity contribution in [1.82, 2.24) is 0 Å². The van der Waals surface area contributed by atoms with Gasteiger partial charge < -0.3 is 19.2 Å². The van der Waals surface area contributed by atoms with E-state index in [-0.39, 0.29) is 5.76 Å². The molecule has 5 nitrogen and oxygen atoms in total. The Bertz CT molecular complexity index is 577. The molecule has 1 heterocycles. The van der Waals surface area contributed by atoms with E-state index in [2.05, 4.69) is 10.1 Å². The van der Waals surface area contributed by atoms with Crippen molar-refractivity contribution in [2.75, 3.05) is 19.5 Å². The van der Waals surface area contributed by atoms with Crippen LogP contribution in [0.25, 0.3) is 0 Å². The van der Waals surface area contributed by atoms with Crippen LogP contribution in [0.5, 0.6) is 0 Å². The van der Waals surface area contributed by atoms with E-state index in [0.717, 1.165) is 16.8 Å². The van der Waals surface area contributed by atoms with Gasteiger partial charge in [-0.25, -0.2) is 4.79 Å². The van der Waals surface area contributed by atoms with Crippen LogP contribution < -0.4 is 5.32 Å². The zero-order valence-electron chi connectivity index (χ0n) is 11.5. The summed E-state index contributed by atoms with van der Waals surface area (Å²) < 4.78 is 14.9. The lowest BCUT2D eigenvalue weighted by Crippen LogP contribution is -2.07. The Labute approximate surface area is 117 Å². The number of furan rings is 1. The summed E-state index contributed by atoms with van der Waals surface area (Å²) in [6.45, 7) is 1.05. The summed E-state index contributed by atoms with van der Waals surface area (Å²) in [7, 11) is 2.99. The molecule has 5 heteroatoms. The van der Waals surface area contributed by atoms with Crippen LogP contribution in [0.1, 0.15) is 21.7 Å². The molecule has 0 bridgehead atoms. The van der Waals surface area contributed by atoms with E-state index in [1.165, 1.54) is 13.4 Å². The minimum absolute atomic E-state index is 0.230. The number of anilines is 1.